The Labute approximate surface area is 117 Å². The van der Waals surface area contributed by atoms with E-state index in [9.17, 15) is 4.79 Å². The average Bonchev–Trinajstić information content (AvgIpc) is 2.83. The van der Waals surface area contributed by atoms with Crippen LogP contribution in [0.25, 0.3) is 0 Å². The lowest BCUT2D eigenvalue weighted by Gasteiger charge is -2.26. The van der Waals surface area contributed by atoms with Crippen LogP contribution < -0.4 is 10.2 Å². The molecule has 1 amide bonds. The van der Waals surface area contributed by atoms with Crippen LogP contribution in [-0.2, 0) is 4.74 Å². The summed E-state index contributed by atoms with van der Waals surface area (Å²) in [5.41, 5.74) is 0.848. The van der Waals surface area contributed by atoms with Crippen molar-refractivity contribution in [3.63, 3.8) is 0 Å². The molecule has 0 aromatic heterocycles. The van der Waals surface area contributed by atoms with Crippen LogP contribution in [0.5, 0.6) is 0 Å². The Morgan fingerprint density at radius 1 is 1.32 bits per heavy atom. The largest absolute Gasteiger partial charge is 0.444 e. The molecule has 5 heteroatoms. The van der Waals surface area contributed by atoms with Gasteiger partial charge in [0, 0.05) is 23.2 Å². The Morgan fingerprint density at radius 2 is 2.11 bits per heavy atom. The van der Waals surface area contributed by atoms with Crippen LogP contribution in [0.4, 0.5) is 10.5 Å². The van der Waals surface area contributed by atoms with Crippen molar-refractivity contribution in [3.8, 4) is 0 Å². The maximum Gasteiger partial charge on any atom is 0.414 e. The Hall–Kier alpha value is -1.26. The van der Waals surface area contributed by atoms with Crippen molar-refractivity contribution < 1.29 is 9.53 Å². The lowest BCUT2D eigenvalue weighted by molar-refractivity contribution is 0.0942. The van der Waals surface area contributed by atoms with E-state index in [0.717, 1.165) is 31.6 Å². The Balaban J connectivity index is 1.70. The molecule has 3 rings (SSSR count). The minimum atomic E-state index is -0.252. The van der Waals surface area contributed by atoms with Crippen molar-refractivity contribution >= 4 is 23.4 Å². The molecule has 0 spiro atoms. The lowest BCUT2D eigenvalue weighted by Crippen LogP contribution is -2.38. The van der Waals surface area contributed by atoms with E-state index in [0.29, 0.717) is 17.5 Å². The summed E-state index contributed by atoms with van der Waals surface area (Å²) in [6, 6.07) is 7.29. The van der Waals surface area contributed by atoms with Crippen LogP contribution in [0.2, 0.25) is 5.02 Å². The number of ether oxygens (including phenoxy) is 1. The fourth-order valence-corrected chi connectivity index (χ4v) is 2.88. The van der Waals surface area contributed by atoms with Gasteiger partial charge < -0.3 is 10.1 Å². The highest BCUT2D eigenvalue weighted by Gasteiger charge is 2.37. The van der Waals surface area contributed by atoms with Crippen LogP contribution in [0.1, 0.15) is 12.8 Å². The minimum Gasteiger partial charge on any atom is -0.444 e. The van der Waals surface area contributed by atoms with E-state index in [-0.39, 0.29) is 12.2 Å². The van der Waals surface area contributed by atoms with E-state index in [1.54, 1.807) is 17.0 Å². The van der Waals surface area contributed by atoms with E-state index >= 15 is 0 Å². The van der Waals surface area contributed by atoms with Gasteiger partial charge in [0.15, 0.2) is 0 Å². The molecule has 19 heavy (non-hydrogen) atoms. The van der Waals surface area contributed by atoms with Gasteiger partial charge in [-0.25, -0.2) is 4.79 Å². The third-order valence-electron chi connectivity index (χ3n) is 3.83. The number of amides is 1. The molecule has 2 atom stereocenters. The molecule has 2 unspecified atom stereocenters. The second kappa shape index (κ2) is 5.39. The topological polar surface area (TPSA) is 41.6 Å². The molecule has 0 radical (unpaired) electrons. The van der Waals surface area contributed by atoms with Gasteiger partial charge in [-0.3, -0.25) is 4.90 Å². The summed E-state index contributed by atoms with van der Waals surface area (Å²) in [4.78, 5) is 13.7. The lowest BCUT2D eigenvalue weighted by atomic mass is 9.94. The van der Waals surface area contributed by atoms with E-state index in [1.165, 1.54) is 0 Å². The highest BCUT2D eigenvalue weighted by molar-refractivity contribution is 6.30. The number of nitrogens with one attached hydrogen (secondary N) is 1. The molecule has 1 N–H and O–H groups in total. The van der Waals surface area contributed by atoms with Gasteiger partial charge in [-0.1, -0.05) is 11.6 Å². The molecular formula is C14H17ClN2O2. The van der Waals surface area contributed by atoms with Crippen molar-refractivity contribution in [2.24, 2.45) is 5.92 Å². The Morgan fingerprint density at radius 3 is 2.79 bits per heavy atom. The van der Waals surface area contributed by atoms with Crippen LogP contribution in [0.15, 0.2) is 24.3 Å². The van der Waals surface area contributed by atoms with E-state index in [1.807, 2.05) is 12.1 Å². The molecule has 2 aliphatic rings. The normalized spacial score (nSPS) is 27.4. The SMILES string of the molecule is O=C1OC(C2CCCNC2)CN1c1ccc(Cl)cc1. The van der Waals surface area contributed by atoms with Gasteiger partial charge in [0.05, 0.1) is 6.54 Å². The highest BCUT2D eigenvalue weighted by Crippen LogP contribution is 2.28. The van der Waals surface area contributed by atoms with Gasteiger partial charge in [0.25, 0.3) is 0 Å². The van der Waals surface area contributed by atoms with Gasteiger partial charge in [0.1, 0.15) is 6.10 Å². The van der Waals surface area contributed by atoms with E-state index < -0.39 is 0 Å². The van der Waals surface area contributed by atoms with Gasteiger partial charge in [-0.15, -0.1) is 0 Å². The number of carbonyl (C=O) groups is 1. The van der Waals surface area contributed by atoms with E-state index in [2.05, 4.69) is 5.32 Å². The van der Waals surface area contributed by atoms with Gasteiger partial charge in [-0.05, 0) is 43.7 Å². The number of rotatable bonds is 2. The van der Waals surface area contributed by atoms with E-state index in [4.69, 9.17) is 16.3 Å². The van der Waals surface area contributed by atoms with Crippen molar-refractivity contribution in [1.82, 2.24) is 5.32 Å². The number of nitrogens with zero attached hydrogens (tertiary/aromatic N) is 1. The van der Waals surface area contributed by atoms with Crippen LogP contribution in [0.3, 0.4) is 0 Å². The van der Waals surface area contributed by atoms with Crippen molar-refractivity contribution in [1.29, 1.82) is 0 Å². The third kappa shape index (κ3) is 2.69. The summed E-state index contributed by atoms with van der Waals surface area (Å²) in [6.07, 6.45) is 2.02. The predicted molar refractivity (Wildman–Crippen MR) is 74.7 cm³/mol. The third-order valence-corrected chi connectivity index (χ3v) is 4.09. The number of hydrogen-bond donors (Lipinski definition) is 1. The average molecular weight is 281 g/mol. The van der Waals surface area contributed by atoms with Crippen molar-refractivity contribution in [2.75, 3.05) is 24.5 Å². The predicted octanol–water partition coefficient (Wildman–Crippen LogP) is 2.66. The minimum absolute atomic E-state index is 0.00372. The quantitative estimate of drug-likeness (QED) is 0.906. The summed E-state index contributed by atoms with van der Waals surface area (Å²) in [6.45, 7) is 2.64. The molecule has 2 saturated heterocycles. The van der Waals surface area contributed by atoms with Gasteiger partial charge in [-0.2, -0.15) is 0 Å². The molecule has 0 bridgehead atoms. The van der Waals surface area contributed by atoms with Crippen LogP contribution in [-0.4, -0.2) is 31.8 Å². The summed E-state index contributed by atoms with van der Waals surface area (Å²) >= 11 is 5.86. The maximum absolute atomic E-state index is 12.0. The zero-order chi connectivity index (χ0) is 13.2. The van der Waals surface area contributed by atoms with Crippen LogP contribution >= 0.6 is 11.6 Å². The smallest absolute Gasteiger partial charge is 0.414 e. The second-order valence-electron chi connectivity index (χ2n) is 5.12. The van der Waals surface area contributed by atoms with Crippen molar-refractivity contribution in [2.45, 2.75) is 18.9 Å². The fraction of sp³-hybridized carbons (Fsp3) is 0.500. The molecule has 1 aromatic carbocycles. The molecule has 1 aromatic rings. The highest BCUT2D eigenvalue weighted by atomic mass is 35.5. The first-order valence-corrected chi connectivity index (χ1v) is 7.06. The first-order valence-electron chi connectivity index (χ1n) is 6.68. The van der Waals surface area contributed by atoms with Crippen LogP contribution in [0, 0.1) is 5.92 Å². The van der Waals surface area contributed by atoms with Gasteiger partial charge >= 0.3 is 6.09 Å². The summed E-state index contributed by atoms with van der Waals surface area (Å²) in [7, 11) is 0. The number of hydrogen-bond acceptors (Lipinski definition) is 3. The number of carbonyl (C=O) groups excluding carboxylic acids is 1. The first kappa shape index (κ1) is 12.8. The second-order valence-corrected chi connectivity index (χ2v) is 5.55. The number of halogens is 1. The summed E-state index contributed by atoms with van der Waals surface area (Å²) in [5.74, 6) is 0.426. The number of anilines is 1. The molecule has 0 aliphatic carbocycles. The molecule has 102 valence electrons. The molecule has 2 fully saturated rings. The summed E-state index contributed by atoms with van der Waals surface area (Å²) in [5, 5.41) is 4.03. The first-order chi connectivity index (χ1) is 9.24. The standard InChI is InChI=1S/C14H17ClN2O2/c15-11-3-5-12(6-4-11)17-9-13(19-14(17)18)10-2-1-7-16-8-10/h3-6,10,13,16H,1-2,7-9H2. The number of cyclic esters (lactones) is 1. The molecule has 0 saturated carbocycles. The number of benzene rings is 1. The zero-order valence-corrected chi connectivity index (χ0v) is 11.4. The van der Waals surface area contributed by atoms with Gasteiger partial charge in [0.2, 0.25) is 0 Å². The Bertz CT molecular complexity index is 457. The molecular weight excluding hydrogens is 264 g/mol. The maximum atomic E-state index is 12.0. The Kier molecular flexibility index (Phi) is 3.62. The molecule has 2 aliphatic heterocycles. The zero-order valence-electron chi connectivity index (χ0n) is 10.6. The fourth-order valence-electron chi connectivity index (χ4n) is 2.76. The van der Waals surface area contributed by atoms with Crippen molar-refractivity contribution in [3.05, 3.63) is 29.3 Å². The monoisotopic (exact) mass is 280 g/mol. The molecule has 2 heterocycles. The molecule has 4 nitrogen and oxygen atoms in total. The number of piperidine rings is 1. The summed E-state index contributed by atoms with van der Waals surface area (Å²) < 4.78 is 5.51.